The maximum Gasteiger partial charge on any atom is 0.145 e. The maximum absolute atomic E-state index is 9.30. The van der Waals surface area contributed by atoms with Gasteiger partial charge in [0.1, 0.15) is 11.6 Å². The summed E-state index contributed by atoms with van der Waals surface area (Å²) in [6, 6.07) is 11.0. The summed E-state index contributed by atoms with van der Waals surface area (Å²) >= 11 is 1.71. The van der Waals surface area contributed by atoms with Gasteiger partial charge < -0.3 is 10.4 Å². The van der Waals surface area contributed by atoms with Crippen LogP contribution in [0.15, 0.2) is 54.2 Å². The molecule has 4 nitrogen and oxygen atoms in total. The molecule has 3 rings (SSSR count). The lowest BCUT2D eigenvalue weighted by molar-refractivity contribution is 0.475. The highest BCUT2D eigenvalue weighted by molar-refractivity contribution is 7.09. The minimum absolute atomic E-state index is 0.244. The number of aromatic hydroxyl groups is 1. The van der Waals surface area contributed by atoms with Gasteiger partial charge in [-0.1, -0.05) is 6.07 Å². The number of aromatic nitrogens is 2. The summed E-state index contributed by atoms with van der Waals surface area (Å²) in [6.45, 7) is 0.741. The summed E-state index contributed by atoms with van der Waals surface area (Å²) in [5, 5.41) is 14.6. The van der Waals surface area contributed by atoms with Crippen LogP contribution in [0.4, 0.5) is 5.82 Å². The van der Waals surface area contributed by atoms with Gasteiger partial charge in [0.15, 0.2) is 0 Å². The van der Waals surface area contributed by atoms with Crippen LogP contribution in [0.25, 0.3) is 11.3 Å². The zero-order chi connectivity index (χ0) is 13.8. The predicted molar refractivity (Wildman–Crippen MR) is 80.8 cm³/mol. The minimum atomic E-state index is 0.244. The van der Waals surface area contributed by atoms with Crippen LogP contribution in [0.5, 0.6) is 5.75 Å². The Balaban J connectivity index is 1.77. The molecule has 20 heavy (non-hydrogen) atoms. The van der Waals surface area contributed by atoms with Crippen LogP contribution in [0.2, 0.25) is 0 Å². The van der Waals surface area contributed by atoms with E-state index in [1.54, 1.807) is 35.9 Å². The molecule has 1 aromatic carbocycles. The van der Waals surface area contributed by atoms with Gasteiger partial charge in [0.2, 0.25) is 0 Å². The Morgan fingerprint density at radius 3 is 2.70 bits per heavy atom. The predicted octanol–water partition coefficient (Wildman–Crippen LogP) is 3.52. The molecule has 2 heterocycles. The third-order valence-corrected chi connectivity index (χ3v) is 3.70. The second kappa shape index (κ2) is 5.71. The topological polar surface area (TPSA) is 58.0 Å². The van der Waals surface area contributed by atoms with Gasteiger partial charge in [0.25, 0.3) is 0 Å². The molecule has 0 saturated heterocycles. The van der Waals surface area contributed by atoms with Crippen LogP contribution in [-0.2, 0) is 6.54 Å². The van der Waals surface area contributed by atoms with Crippen LogP contribution in [0.3, 0.4) is 0 Å². The molecule has 0 radical (unpaired) electrons. The molecular formula is C15H13N3OS. The fourth-order valence-corrected chi connectivity index (χ4v) is 2.46. The third-order valence-electron chi connectivity index (χ3n) is 2.82. The standard InChI is InChI=1S/C15H13N3OS/c19-12-5-3-11(4-6-12)14-9-16-10-15(18-14)17-8-13-2-1-7-20-13/h1-7,9-10,19H,8H2,(H,17,18). The number of thiophene rings is 1. The van der Waals surface area contributed by atoms with E-state index in [9.17, 15) is 5.11 Å². The molecule has 3 aromatic rings. The maximum atomic E-state index is 9.30. The Bertz CT molecular complexity index is 681. The van der Waals surface area contributed by atoms with Crippen molar-refractivity contribution < 1.29 is 5.11 Å². The van der Waals surface area contributed by atoms with Crippen molar-refractivity contribution in [1.82, 2.24) is 9.97 Å². The summed E-state index contributed by atoms with van der Waals surface area (Å²) < 4.78 is 0. The lowest BCUT2D eigenvalue weighted by Gasteiger charge is -2.06. The number of nitrogens with one attached hydrogen (secondary N) is 1. The van der Waals surface area contributed by atoms with Gasteiger partial charge in [0, 0.05) is 10.4 Å². The summed E-state index contributed by atoms with van der Waals surface area (Å²) in [5.74, 6) is 0.984. The van der Waals surface area contributed by atoms with E-state index in [1.807, 2.05) is 18.2 Å². The average Bonchev–Trinajstić information content (AvgIpc) is 3.00. The third kappa shape index (κ3) is 2.95. The van der Waals surface area contributed by atoms with E-state index in [4.69, 9.17) is 0 Å². The second-order valence-electron chi connectivity index (χ2n) is 4.27. The lowest BCUT2D eigenvalue weighted by Crippen LogP contribution is -2.01. The van der Waals surface area contributed by atoms with Gasteiger partial charge in [0.05, 0.1) is 24.6 Å². The van der Waals surface area contributed by atoms with E-state index in [0.29, 0.717) is 0 Å². The molecule has 0 aliphatic carbocycles. The van der Waals surface area contributed by atoms with E-state index < -0.39 is 0 Å². The Morgan fingerprint density at radius 2 is 1.95 bits per heavy atom. The van der Waals surface area contributed by atoms with E-state index in [0.717, 1.165) is 23.6 Å². The number of phenolic OH excluding ortho intramolecular Hbond substituents is 1. The number of benzene rings is 1. The molecule has 0 fully saturated rings. The fraction of sp³-hybridized carbons (Fsp3) is 0.0667. The van der Waals surface area contributed by atoms with Crippen molar-refractivity contribution in [2.24, 2.45) is 0 Å². The van der Waals surface area contributed by atoms with Crippen molar-refractivity contribution in [3.8, 4) is 17.0 Å². The van der Waals surface area contributed by atoms with E-state index in [2.05, 4.69) is 26.7 Å². The van der Waals surface area contributed by atoms with Gasteiger partial charge in [-0.25, -0.2) is 4.98 Å². The summed E-state index contributed by atoms with van der Waals surface area (Å²) in [4.78, 5) is 9.97. The molecule has 0 spiro atoms. The van der Waals surface area contributed by atoms with Gasteiger partial charge in [-0.05, 0) is 35.7 Å². The molecule has 2 aromatic heterocycles. The molecule has 100 valence electrons. The highest BCUT2D eigenvalue weighted by atomic mass is 32.1. The lowest BCUT2D eigenvalue weighted by atomic mass is 10.1. The normalized spacial score (nSPS) is 10.4. The van der Waals surface area contributed by atoms with E-state index in [1.165, 1.54) is 4.88 Å². The van der Waals surface area contributed by atoms with Gasteiger partial charge in [-0.15, -0.1) is 11.3 Å². The number of nitrogens with zero attached hydrogens (tertiary/aromatic N) is 2. The van der Waals surface area contributed by atoms with Crippen molar-refractivity contribution >= 4 is 17.2 Å². The Hall–Kier alpha value is -2.40. The number of rotatable bonds is 4. The van der Waals surface area contributed by atoms with Crippen molar-refractivity contribution in [1.29, 1.82) is 0 Å². The smallest absolute Gasteiger partial charge is 0.145 e. The van der Waals surface area contributed by atoms with Gasteiger partial charge >= 0.3 is 0 Å². The van der Waals surface area contributed by atoms with Gasteiger partial charge in [-0.3, -0.25) is 4.98 Å². The Labute approximate surface area is 120 Å². The summed E-state index contributed by atoms with van der Waals surface area (Å²) in [5.41, 5.74) is 1.70. The number of hydrogen-bond donors (Lipinski definition) is 2. The molecule has 0 aliphatic heterocycles. The molecule has 0 unspecified atom stereocenters. The van der Waals surface area contributed by atoms with Crippen LogP contribution < -0.4 is 5.32 Å². The van der Waals surface area contributed by atoms with Crippen molar-refractivity contribution in [2.75, 3.05) is 5.32 Å². The highest BCUT2D eigenvalue weighted by Crippen LogP contribution is 2.20. The summed E-state index contributed by atoms with van der Waals surface area (Å²) in [6.07, 6.45) is 3.42. The Kier molecular flexibility index (Phi) is 3.60. The van der Waals surface area contributed by atoms with Crippen LogP contribution in [0.1, 0.15) is 4.88 Å². The first-order valence-corrected chi connectivity index (χ1v) is 7.07. The van der Waals surface area contributed by atoms with Crippen LogP contribution in [-0.4, -0.2) is 15.1 Å². The zero-order valence-corrected chi connectivity index (χ0v) is 11.5. The average molecular weight is 283 g/mol. The second-order valence-corrected chi connectivity index (χ2v) is 5.30. The van der Waals surface area contributed by atoms with Crippen molar-refractivity contribution in [2.45, 2.75) is 6.54 Å². The van der Waals surface area contributed by atoms with E-state index in [-0.39, 0.29) is 5.75 Å². The quantitative estimate of drug-likeness (QED) is 0.769. The molecule has 0 saturated carbocycles. The van der Waals surface area contributed by atoms with Crippen molar-refractivity contribution in [3.05, 3.63) is 59.0 Å². The SMILES string of the molecule is Oc1ccc(-c2cncc(NCc3cccs3)n2)cc1. The molecule has 0 amide bonds. The molecular weight excluding hydrogens is 270 g/mol. The molecule has 0 aliphatic rings. The van der Waals surface area contributed by atoms with E-state index >= 15 is 0 Å². The number of phenols is 1. The number of anilines is 1. The van der Waals surface area contributed by atoms with Crippen LogP contribution in [0, 0.1) is 0 Å². The largest absolute Gasteiger partial charge is 0.508 e. The minimum Gasteiger partial charge on any atom is -0.508 e. The van der Waals surface area contributed by atoms with Gasteiger partial charge in [-0.2, -0.15) is 0 Å². The first-order valence-electron chi connectivity index (χ1n) is 6.19. The Morgan fingerprint density at radius 1 is 1.10 bits per heavy atom. The molecule has 2 N–H and O–H groups in total. The molecule has 5 heteroatoms. The zero-order valence-electron chi connectivity index (χ0n) is 10.7. The molecule has 0 bridgehead atoms. The first kappa shape index (κ1) is 12.6. The highest BCUT2D eigenvalue weighted by Gasteiger charge is 2.02. The van der Waals surface area contributed by atoms with Crippen molar-refractivity contribution in [3.63, 3.8) is 0 Å². The monoisotopic (exact) mass is 283 g/mol. The first-order chi connectivity index (χ1) is 9.81. The van der Waals surface area contributed by atoms with Crippen LogP contribution >= 0.6 is 11.3 Å². The molecule has 0 atom stereocenters. The fourth-order valence-electron chi connectivity index (χ4n) is 1.81. The number of hydrogen-bond acceptors (Lipinski definition) is 5. The summed E-state index contributed by atoms with van der Waals surface area (Å²) in [7, 11) is 0.